The van der Waals surface area contributed by atoms with E-state index in [4.69, 9.17) is 4.74 Å². The minimum atomic E-state index is -0.673. The Morgan fingerprint density at radius 3 is 2.33 bits per heavy atom. The molecular weight excluding hydrogens is 319 g/mol. The van der Waals surface area contributed by atoms with Gasteiger partial charge in [-0.1, -0.05) is 6.07 Å². The summed E-state index contributed by atoms with van der Waals surface area (Å²) >= 11 is 0. The van der Waals surface area contributed by atoms with Crippen molar-refractivity contribution in [2.45, 2.75) is 25.4 Å². The van der Waals surface area contributed by atoms with Gasteiger partial charge in [0, 0.05) is 24.2 Å². The summed E-state index contributed by atoms with van der Waals surface area (Å²) in [6, 6.07) is 8.72. The molecule has 3 rings (SSSR count). The van der Waals surface area contributed by atoms with Gasteiger partial charge >= 0.3 is 0 Å². The van der Waals surface area contributed by atoms with Crippen LogP contribution in [-0.4, -0.2) is 23.5 Å². The van der Waals surface area contributed by atoms with Crippen molar-refractivity contribution in [2.75, 3.05) is 6.61 Å². The third-order valence-electron chi connectivity index (χ3n) is 3.84. The van der Waals surface area contributed by atoms with Gasteiger partial charge < -0.3 is 9.64 Å². The maximum Gasteiger partial charge on any atom is 0.261 e. The maximum absolute atomic E-state index is 13.8. The Balaban J connectivity index is 1.64. The predicted octanol–water partition coefficient (Wildman–Crippen LogP) is 3.67. The molecule has 2 aromatic carbocycles. The van der Waals surface area contributed by atoms with Crippen molar-refractivity contribution in [3.63, 3.8) is 0 Å². The molecule has 1 amide bonds. The average molecular weight is 335 g/mol. The van der Waals surface area contributed by atoms with E-state index in [2.05, 4.69) is 0 Å². The second-order valence-electron chi connectivity index (χ2n) is 5.73. The number of carbonyl (C=O) groups is 1. The van der Waals surface area contributed by atoms with Gasteiger partial charge in [0.2, 0.25) is 0 Å². The largest absolute Gasteiger partial charge is 0.484 e. The van der Waals surface area contributed by atoms with Gasteiger partial charge in [-0.2, -0.15) is 0 Å². The molecular formula is C18H16F3NO2. The van der Waals surface area contributed by atoms with Crippen LogP contribution in [0.3, 0.4) is 0 Å². The summed E-state index contributed by atoms with van der Waals surface area (Å²) in [6.45, 7) is -0.145. The number of amides is 1. The molecule has 0 heterocycles. The van der Waals surface area contributed by atoms with Crippen LogP contribution in [0.25, 0.3) is 0 Å². The van der Waals surface area contributed by atoms with Crippen molar-refractivity contribution in [2.24, 2.45) is 0 Å². The summed E-state index contributed by atoms with van der Waals surface area (Å²) in [5.41, 5.74) is 0.262. The Morgan fingerprint density at radius 2 is 1.71 bits per heavy atom. The molecule has 0 spiro atoms. The Morgan fingerprint density at radius 1 is 1.04 bits per heavy atom. The quantitative estimate of drug-likeness (QED) is 0.806. The van der Waals surface area contributed by atoms with Crippen molar-refractivity contribution in [3.8, 4) is 5.75 Å². The molecule has 0 radical (unpaired) electrons. The SMILES string of the molecule is O=C(COc1ccc(F)cc1)N(Cc1ccc(F)cc1F)C1CC1. The Labute approximate surface area is 137 Å². The van der Waals surface area contributed by atoms with Gasteiger partial charge in [-0.25, -0.2) is 13.2 Å². The topological polar surface area (TPSA) is 29.5 Å². The van der Waals surface area contributed by atoms with Crippen LogP contribution in [0.15, 0.2) is 42.5 Å². The lowest BCUT2D eigenvalue weighted by molar-refractivity contribution is -0.134. The highest BCUT2D eigenvalue weighted by molar-refractivity contribution is 5.78. The first-order valence-corrected chi connectivity index (χ1v) is 7.64. The molecule has 0 atom stereocenters. The molecule has 1 aliphatic carbocycles. The number of hydrogen-bond acceptors (Lipinski definition) is 2. The van der Waals surface area contributed by atoms with Crippen LogP contribution in [0.2, 0.25) is 0 Å². The molecule has 6 heteroatoms. The number of hydrogen-bond donors (Lipinski definition) is 0. The van der Waals surface area contributed by atoms with E-state index in [1.54, 1.807) is 4.90 Å². The summed E-state index contributed by atoms with van der Waals surface area (Å²) in [7, 11) is 0. The van der Waals surface area contributed by atoms with Crippen LogP contribution in [0.4, 0.5) is 13.2 Å². The lowest BCUT2D eigenvalue weighted by Crippen LogP contribution is -2.36. The number of rotatable bonds is 6. The van der Waals surface area contributed by atoms with Gasteiger partial charge in [-0.05, 0) is 43.2 Å². The summed E-state index contributed by atoms with van der Waals surface area (Å²) in [5, 5.41) is 0. The number of halogens is 3. The van der Waals surface area contributed by atoms with Crippen LogP contribution >= 0.6 is 0 Å². The monoisotopic (exact) mass is 335 g/mol. The van der Waals surface area contributed by atoms with Crippen molar-refractivity contribution in [1.29, 1.82) is 0 Å². The number of nitrogens with zero attached hydrogens (tertiary/aromatic N) is 1. The van der Waals surface area contributed by atoms with Gasteiger partial charge in [-0.15, -0.1) is 0 Å². The van der Waals surface area contributed by atoms with E-state index in [1.165, 1.54) is 36.4 Å². The normalized spacial score (nSPS) is 13.6. The highest BCUT2D eigenvalue weighted by Crippen LogP contribution is 2.29. The second-order valence-corrected chi connectivity index (χ2v) is 5.73. The molecule has 0 bridgehead atoms. The smallest absolute Gasteiger partial charge is 0.261 e. The average Bonchev–Trinajstić information content (AvgIpc) is 3.38. The van der Waals surface area contributed by atoms with Crippen LogP contribution in [-0.2, 0) is 11.3 Å². The minimum absolute atomic E-state index is 0.0544. The zero-order valence-electron chi connectivity index (χ0n) is 12.8. The van der Waals surface area contributed by atoms with Gasteiger partial charge in [-0.3, -0.25) is 4.79 Å². The molecule has 0 aromatic heterocycles. The van der Waals surface area contributed by atoms with Crippen LogP contribution in [0.5, 0.6) is 5.75 Å². The van der Waals surface area contributed by atoms with Gasteiger partial charge in [0.05, 0.1) is 0 Å². The van der Waals surface area contributed by atoms with Crippen molar-refractivity contribution < 1.29 is 22.7 Å². The van der Waals surface area contributed by atoms with Gasteiger partial charge in [0.15, 0.2) is 6.61 Å². The summed E-state index contributed by atoms with van der Waals surface area (Å²) < 4.78 is 45.0. The van der Waals surface area contributed by atoms with Crippen molar-refractivity contribution in [3.05, 3.63) is 65.5 Å². The number of ether oxygens (including phenoxy) is 1. The third kappa shape index (κ3) is 4.07. The zero-order valence-corrected chi connectivity index (χ0v) is 12.8. The molecule has 0 unspecified atom stereocenters. The lowest BCUT2D eigenvalue weighted by atomic mass is 10.2. The van der Waals surface area contributed by atoms with E-state index in [1.807, 2.05) is 0 Å². The molecule has 0 N–H and O–H groups in total. The van der Waals surface area contributed by atoms with E-state index in [9.17, 15) is 18.0 Å². The Hall–Kier alpha value is -2.50. The molecule has 1 fully saturated rings. The standard InChI is InChI=1S/C18H16F3NO2/c19-13-3-7-16(8-4-13)24-11-18(23)22(15-5-6-15)10-12-1-2-14(20)9-17(12)21/h1-4,7-9,15H,5-6,10-11H2. The van der Waals surface area contributed by atoms with E-state index < -0.39 is 11.6 Å². The number of carbonyl (C=O) groups excluding carboxylic acids is 1. The zero-order chi connectivity index (χ0) is 17.1. The Kier molecular flexibility index (Phi) is 4.74. The molecule has 0 saturated heterocycles. The van der Waals surface area contributed by atoms with E-state index >= 15 is 0 Å². The predicted molar refractivity (Wildman–Crippen MR) is 81.8 cm³/mol. The van der Waals surface area contributed by atoms with Crippen LogP contribution in [0.1, 0.15) is 18.4 Å². The van der Waals surface area contributed by atoms with E-state index in [-0.39, 0.29) is 36.5 Å². The first kappa shape index (κ1) is 16.4. The van der Waals surface area contributed by atoms with Gasteiger partial charge in [0.25, 0.3) is 5.91 Å². The maximum atomic E-state index is 13.8. The molecule has 126 valence electrons. The highest BCUT2D eigenvalue weighted by atomic mass is 19.1. The molecule has 0 aliphatic heterocycles. The fourth-order valence-corrected chi connectivity index (χ4v) is 2.40. The summed E-state index contributed by atoms with van der Waals surface area (Å²) in [6.07, 6.45) is 1.70. The molecule has 1 aliphatic rings. The van der Waals surface area contributed by atoms with Crippen molar-refractivity contribution >= 4 is 5.91 Å². The first-order valence-electron chi connectivity index (χ1n) is 7.64. The fourth-order valence-electron chi connectivity index (χ4n) is 2.40. The molecule has 2 aromatic rings. The fraction of sp³-hybridized carbons (Fsp3) is 0.278. The van der Waals surface area contributed by atoms with Crippen LogP contribution in [0, 0.1) is 17.5 Å². The molecule has 1 saturated carbocycles. The number of benzene rings is 2. The van der Waals surface area contributed by atoms with Gasteiger partial charge in [0.1, 0.15) is 23.2 Å². The molecule has 24 heavy (non-hydrogen) atoms. The summed E-state index contributed by atoms with van der Waals surface area (Å²) in [5.74, 6) is -1.62. The first-order chi connectivity index (χ1) is 11.5. The second kappa shape index (κ2) is 6.95. The molecule has 3 nitrogen and oxygen atoms in total. The van der Waals surface area contributed by atoms with Crippen molar-refractivity contribution in [1.82, 2.24) is 4.90 Å². The summed E-state index contributed by atoms with van der Waals surface area (Å²) in [4.78, 5) is 13.9. The highest BCUT2D eigenvalue weighted by Gasteiger charge is 2.33. The lowest BCUT2D eigenvalue weighted by Gasteiger charge is -2.23. The van der Waals surface area contributed by atoms with Crippen LogP contribution < -0.4 is 4.74 Å². The minimum Gasteiger partial charge on any atom is -0.484 e. The van der Waals surface area contributed by atoms with E-state index in [0.717, 1.165) is 18.9 Å². The van der Waals surface area contributed by atoms with E-state index in [0.29, 0.717) is 5.75 Å². The third-order valence-corrected chi connectivity index (χ3v) is 3.84. The Bertz CT molecular complexity index is 730.